The molecule has 134 valence electrons. The number of amides is 1. The van der Waals surface area contributed by atoms with E-state index >= 15 is 0 Å². The van der Waals surface area contributed by atoms with Crippen LogP contribution in [-0.2, 0) is 6.54 Å². The molecule has 1 amide bonds. The van der Waals surface area contributed by atoms with Crippen LogP contribution in [0.2, 0.25) is 4.34 Å². The summed E-state index contributed by atoms with van der Waals surface area (Å²) in [6.45, 7) is 0.344. The van der Waals surface area contributed by atoms with Crippen LogP contribution >= 0.6 is 22.9 Å². The maximum atomic E-state index is 12.8. The Morgan fingerprint density at radius 2 is 1.70 bits per heavy atom. The van der Waals surface area contributed by atoms with E-state index in [0.717, 1.165) is 4.88 Å². The van der Waals surface area contributed by atoms with Crippen LogP contribution in [0.4, 0.5) is 0 Å². The van der Waals surface area contributed by atoms with Crippen molar-refractivity contribution in [1.82, 2.24) is 15.1 Å². The minimum Gasteiger partial charge on any atom is -0.346 e. The van der Waals surface area contributed by atoms with Gasteiger partial charge in [0.1, 0.15) is 0 Å². The third kappa shape index (κ3) is 3.49. The molecule has 4 aromatic rings. The van der Waals surface area contributed by atoms with Gasteiger partial charge in [0.25, 0.3) is 11.5 Å². The van der Waals surface area contributed by atoms with E-state index < -0.39 is 0 Å². The highest BCUT2D eigenvalue weighted by Crippen LogP contribution is 2.21. The number of rotatable bonds is 4. The number of nitrogens with zero attached hydrogens (tertiary/aromatic N) is 2. The molecular weight excluding hydrogens is 382 g/mol. The minimum absolute atomic E-state index is 0.205. The quantitative estimate of drug-likeness (QED) is 0.567. The number of thiophene rings is 1. The average Bonchev–Trinajstić information content (AvgIpc) is 3.12. The molecule has 0 spiro atoms. The van der Waals surface area contributed by atoms with Crippen molar-refractivity contribution in [2.75, 3.05) is 0 Å². The van der Waals surface area contributed by atoms with Crippen LogP contribution in [0.3, 0.4) is 0 Å². The maximum Gasteiger partial charge on any atom is 0.279 e. The summed E-state index contributed by atoms with van der Waals surface area (Å²) in [6.07, 6.45) is 0. The van der Waals surface area contributed by atoms with Crippen molar-refractivity contribution >= 4 is 39.6 Å². The van der Waals surface area contributed by atoms with Crippen molar-refractivity contribution in [3.05, 3.63) is 92.0 Å². The van der Waals surface area contributed by atoms with Crippen molar-refractivity contribution in [3.8, 4) is 5.69 Å². The number of hydrogen-bond donors (Lipinski definition) is 1. The lowest BCUT2D eigenvalue weighted by Gasteiger charge is -2.11. The Labute approximate surface area is 163 Å². The number of para-hydroxylation sites is 1. The third-order valence-electron chi connectivity index (χ3n) is 4.07. The second-order valence-corrected chi connectivity index (χ2v) is 7.63. The third-order valence-corrected chi connectivity index (χ3v) is 5.30. The fourth-order valence-corrected chi connectivity index (χ4v) is 3.83. The zero-order chi connectivity index (χ0) is 18.8. The molecule has 2 aromatic heterocycles. The van der Waals surface area contributed by atoms with E-state index in [-0.39, 0.29) is 17.2 Å². The van der Waals surface area contributed by atoms with Gasteiger partial charge in [0.2, 0.25) is 0 Å². The smallest absolute Gasteiger partial charge is 0.279 e. The van der Waals surface area contributed by atoms with E-state index in [4.69, 9.17) is 11.6 Å². The fraction of sp³-hybridized carbons (Fsp3) is 0.0500. The van der Waals surface area contributed by atoms with Gasteiger partial charge in [0.15, 0.2) is 5.69 Å². The van der Waals surface area contributed by atoms with Crippen LogP contribution in [-0.4, -0.2) is 15.7 Å². The van der Waals surface area contributed by atoms with E-state index in [0.29, 0.717) is 27.3 Å². The highest BCUT2D eigenvalue weighted by atomic mass is 35.5. The number of aromatic nitrogens is 2. The Hall–Kier alpha value is -2.96. The predicted molar refractivity (Wildman–Crippen MR) is 108 cm³/mol. The number of nitrogens with one attached hydrogen (secondary N) is 1. The van der Waals surface area contributed by atoms with Crippen LogP contribution < -0.4 is 10.9 Å². The lowest BCUT2D eigenvalue weighted by atomic mass is 10.1. The van der Waals surface area contributed by atoms with Crippen LogP contribution in [0, 0.1) is 0 Å². The highest BCUT2D eigenvalue weighted by Gasteiger charge is 2.17. The Bertz CT molecular complexity index is 1180. The molecule has 0 radical (unpaired) electrons. The maximum absolute atomic E-state index is 12.8. The minimum atomic E-state index is -0.347. The summed E-state index contributed by atoms with van der Waals surface area (Å²) in [4.78, 5) is 26.6. The van der Waals surface area contributed by atoms with Gasteiger partial charge in [0, 0.05) is 10.3 Å². The van der Waals surface area contributed by atoms with Gasteiger partial charge in [0.05, 0.1) is 22.0 Å². The molecule has 0 bridgehead atoms. The highest BCUT2D eigenvalue weighted by molar-refractivity contribution is 7.16. The van der Waals surface area contributed by atoms with Crippen molar-refractivity contribution in [3.63, 3.8) is 0 Å². The Kier molecular flexibility index (Phi) is 4.75. The SMILES string of the molecule is O=C(NCc1ccc(Cl)s1)c1nn(-c2ccccc2)c(=O)c2ccccc12. The summed E-state index contributed by atoms with van der Waals surface area (Å²) in [7, 11) is 0. The van der Waals surface area contributed by atoms with Crippen molar-refractivity contribution in [1.29, 1.82) is 0 Å². The summed E-state index contributed by atoms with van der Waals surface area (Å²) in [6, 6.07) is 19.7. The van der Waals surface area contributed by atoms with Crippen molar-refractivity contribution in [2.24, 2.45) is 0 Å². The molecule has 0 aliphatic carbocycles. The number of halogens is 1. The molecule has 4 rings (SSSR count). The largest absolute Gasteiger partial charge is 0.346 e. The van der Waals surface area contributed by atoms with Gasteiger partial charge < -0.3 is 5.32 Å². The van der Waals surface area contributed by atoms with Crippen LogP contribution in [0.25, 0.3) is 16.5 Å². The van der Waals surface area contributed by atoms with E-state index in [9.17, 15) is 9.59 Å². The van der Waals surface area contributed by atoms with Crippen LogP contribution in [0.1, 0.15) is 15.4 Å². The molecule has 1 N–H and O–H groups in total. The summed E-state index contributed by atoms with van der Waals surface area (Å²) in [5.41, 5.74) is 0.544. The second-order valence-electron chi connectivity index (χ2n) is 5.84. The number of benzene rings is 2. The number of hydrogen-bond acceptors (Lipinski definition) is 4. The average molecular weight is 396 g/mol. The molecule has 0 fully saturated rings. The number of carbonyl (C=O) groups excluding carboxylic acids is 1. The number of carbonyl (C=O) groups is 1. The van der Waals surface area contributed by atoms with Gasteiger partial charge in [-0.2, -0.15) is 9.78 Å². The van der Waals surface area contributed by atoms with E-state index in [1.165, 1.54) is 16.0 Å². The second kappa shape index (κ2) is 7.34. The molecule has 27 heavy (non-hydrogen) atoms. The van der Waals surface area contributed by atoms with Gasteiger partial charge in [-0.25, -0.2) is 0 Å². The van der Waals surface area contributed by atoms with Crippen LogP contribution in [0.15, 0.2) is 71.5 Å². The summed E-state index contributed by atoms with van der Waals surface area (Å²) in [5.74, 6) is -0.347. The first kappa shape index (κ1) is 17.5. The molecule has 0 aliphatic heterocycles. The predicted octanol–water partition coefficient (Wildman–Crippen LogP) is 4.03. The molecule has 2 heterocycles. The number of fused-ring (bicyclic) bond motifs is 1. The summed E-state index contributed by atoms with van der Waals surface area (Å²) < 4.78 is 1.93. The molecular formula is C20H14ClN3O2S. The summed E-state index contributed by atoms with van der Waals surface area (Å²) >= 11 is 7.34. The first-order valence-corrected chi connectivity index (χ1v) is 9.43. The van der Waals surface area contributed by atoms with Gasteiger partial charge in [-0.15, -0.1) is 11.3 Å². The first-order chi connectivity index (χ1) is 13.1. The zero-order valence-corrected chi connectivity index (χ0v) is 15.6. The summed E-state index contributed by atoms with van der Waals surface area (Å²) in [5, 5.41) is 8.18. The monoisotopic (exact) mass is 395 g/mol. The zero-order valence-electron chi connectivity index (χ0n) is 14.1. The topological polar surface area (TPSA) is 64.0 Å². The van der Waals surface area contributed by atoms with E-state index in [1.807, 2.05) is 24.3 Å². The van der Waals surface area contributed by atoms with Crippen molar-refractivity contribution < 1.29 is 4.79 Å². The normalized spacial score (nSPS) is 10.9. The van der Waals surface area contributed by atoms with Crippen LogP contribution in [0.5, 0.6) is 0 Å². The molecule has 2 aromatic carbocycles. The molecule has 0 saturated carbocycles. The van der Waals surface area contributed by atoms with Gasteiger partial charge >= 0.3 is 0 Å². The van der Waals surface area contributed by atoms with Gasteiger partial charge in [-0.1, -0.05) is 48.0 Å². The lowest BCUT2D eigenvalue weighted by Crippen LogP contribution is -2.29. The fourth-order valence-electron chi connectivity index (χ4n) is 2.80. The van der Waals surface area contributed by atoms with E-state index in [2.05, 4.69) is 10.4 Å². The molecule has 5 nitrogen and oxygen atoms in total. The lowest BCUT2D eigenvalue weighted by molar-refractivity contribution is 0.0946. The molecule has 7 heteroatoms. The van der Waals surface area contributed by atoms with E-state index in [1.54, 1.807) is 42.5 Å². The van der Waals surface area contributed by atoms with Crippen molar-refractivity contribution in [2.45, 2.75) is 6.54 Å². The Morgan fingerprint density at radius 3 is 2.41 bits per heavy atom. The Balaban J connectivity index is 1.78. The van der Waals surface area contributed by atoms with Gasteiger partial charge in [-0.3, -0.25) is 9.59 Å². The standard InChI is InChI=1S/C20H14ClN3O2S/c21-17-11-10-14(27-17)12-22-19(25)18-15-8-4-5-9-16(15)20(26)24(23-18)13-6-2-1-3-7-13/h1-11H,12H2,(H,22,25). The molecule has 0 aliphatic rings. The van der Waals surface area contributed by atoms with Gasteiger partial charge in [-0.05, 0) is 30.3 Å². The Morgan fingerprint density at radius 1 is 1.00 bits per heavy atom. The molecule has 0 saturated heterocycles. The molecule has 0 unspecified atom stereocenters. The molecule has 0 atom stereocenters. The first-order valence-electron chi connectivity index (χ1n) is 8.23.